The Morgan fingerprint density at radius 2 is 1.62 bits per heavy atom. The summed E-state index contributed by atoms with van der Waals surface area (Å²) in [4.78, 5) is 12.9. The molecule has 1 amide bonds. The van der Waals surface area contributed by atoms with Gasteiger partial charge in [-0.25, -0.2) is 0 Å². The summed E-state index contributed by atoms with van der Waals surface area (Å²) >= 11 is 0. The van der Waals surface area contributed by atoms with Gasteiger partial charge in [0.15, 0.2) is 0 Å². The van der Waals surface area contributed by atoms with Crippen LogP contribution in [0.15, 0.2) is 24.3 Å². The molecule has 1 aromatic rings. The van der Waals surface area contributed by atoms with Gasteiger partial charge in [0.05, 0.1) is 6.10 Å². The number of ether oxygens (including phenoxy) is 1. The van der Waals surface area contributed by atoms with Crippen LogP contribution < -0.4 is 10.1 Å². The lowest BCUT2D eigenvalue weighted by Crippen LogP contribution is -2.53. The first kappa shape index (κ1) is 16.0. The van der Waals surface area contributed by atoms with Crippen LogP contribution in [-0.2, 0) is 11.3 Å². The molecule has 1 N–H and O–H groups in total. The summed E-state index contributed by atoms with van der Waals surface area (Å²) in [6, 6.07) is 8.09. The van der Waals surface area contributed by atoms with Crippen LogP contribution in [0.25, 0.3) is 0 Å². The van der Waals surface area contributed by atoms with E-state index in [0.29, 0.717) is 12.5 Å². The minimum absolute atomic E-state index is 0.0462. The molecule has 4 fully saturated rings. The van der Waals surface area contributed by atoms with Crippen molar-refractivity contribution in [2.24, 2.45) is 23.2 Å². The first-order valence-electron chi connectivity index (χ1n) is 9.56. The Morgan fingerprint density at radius 3 is 2.12 bits per heavy atom. The summed E-state index contributed by atoms with van der Waals surface area (Å²) in [5.74, 6) is 3.64. The quantitative estimate of drug-likeness (QED) is 0.875. The van der Waals surface area contributed by atoms with Gasteiger partial charge in [0.25, 0.3) is 0 Å². The lowest BCUT2D eigenvalue weighted by atomic mass is 9.49. The maximum atomic E-state index is 12.9. The molecule has 0 aromatic heterocycles. The Labute approximate surface area is 145 Å². The Bertz CT molecular complexity index is 569. The van der Waals surface area contributed by atoms with Crippen molar-refractivity contribution in [3.8, 4) is 5.75 Å². The van der Waals surface area contributed by atoms with Crippen molar-refractivity contribution >= 4 is 5.91 Å². The van der Waals surface area contributed by atoms with Crippen LogP contribution >= 0.6 is 0 Å². The summed E-state index contributed by atoms with van der Waals surface area (Å²) in [5.41, 5.74) is 1.10. The molecule has 0 atom stereocenters. The lowest BCUT2D eigenvalue weighted by molar-refractivity contribution is -0.146. The summed E-state index contributed by atoms with van der Waals surface area (Å²) in [6.07, 6.45) is 7.72. The Kier molecular flexibility index (Phi) is 4.06. The molecule has 1 aromatic carbocycles. The summed E-state index contributed by atoms with van der Waals surface area (Å²) in [5, 5.41) is 3.24. The molecule has 4 saturated carbocycles. The lowest BCUT2D eigenvalue weighted by Gasteiger charge is -2.55. The van der Waals surface area contributed by atoms with E-state index in [2.05, 4.69) is 17.4 Å². The minimum atomic E-state index is -0.0462. The average molecular weight is 327 g/mol. The Balaban J connectivity index is 1.37. The third-order valence-corrected chi connectivity index (χ3v) is 6.27. The molecule has 0 unspecified atom stereocenters. The summed E-state index contributed by atoms with van der Waals surface area (Å²) in [6.45, 7) is 4.68. The molecule has 4 aliphatic rings. The molecular weight excluding hydrogens is 298 g/mol. The second-order valence-corrected chi connectivity index (χ2v) is 8.69. The van der Waals surface area contributed by atoms with Crippen molar-refractivity contribution in [2.45, 2.75) is 65.0 Å². The minimum Gasteiger partial charge on any atom is -0.491 e. The van der Waals surface area contributed by atoms with Gasteiger partial charge in [-0.1, -0.05) is 12.1 Å². The molecule has 0 spiro atoms. The van der Waals surface area contributed by atoms with Crippen LogP contribution in [0.5, 0.6) is 5.75 Å². The van der Waals surface area contributed by atoms with E-state index in [9.17, 15) is 4.79 Å². The molecule has 0 saturated heterocycles. The number of rotatable bonds is 5. The number of hydrogen-bond acceptors (Lipinski definition) is 2. The van der Waals surface area contributed by atoms with E-state index < -0.39 is 0 Å². The van der Waals surface area contributed by atoms with Gasteiger partial charge in [-0.2, -0.15) is 0 Å². The van der Waals surface area contributed by atoms with Gasteiger partial charge in [-0.05, 0) is 87.8 Å². The highest BCUT2D eigenvalue weighted by Gasteiger charge is 2.54. The third-order valence-electron chi connectivity index (χ3n) is 6.27. The van der Waals surface area contributed by atoms with E-state index >= 15 is 0 Å². The maximum absolute atomic E-state index is 12.9. The number of amides is 1. The van der Waals surface area contributed by atoms with Crippen molar-refractivity contribution in [3.63, 3.8) is 0 Å². The molecule has 0 radical (unpaired) electrons. The normalized spacial score (nSPS) is 33.7. The van der Waals surface area contributed by atoms with E-state index in [0.717, 1.165) is 48.3 Å². The highest BCUT2D eigenvalue weighted by Crippen LogP contribution is 2.60. The second-order valence-electron chi connectivity index (χ2n) is 8.69. The van der Waals surface area contributed by atoms with Crippen molar-refractivity contribution in [2.75, 3.05) is 0 Å². The van der Waals surface area contributed by atoms with Crippen LogP contribution in [0.2, 0.25) is 0 Å². The summed E-state index contributed by atoms with van der Waals surface area (Å²) in [7, 11) is 0. The Morgan fingerprint density at radius 1 is 1.08 bits per heavy atom. The number of carbonyl (C=O) groups is 1. The van der Waals surface area contributed by atoms with Gasteiger partial charge in [0.2, 0.25) is 5.91 Å². The predicted octanol–water partition coefficient (Wildman–Crippen LogP) is 4.31. The largest absolute Gasteiger partial charge is 0.491 e. The first-order valence-corrected chi connectivity index (χ1v) is 9.56. The van der Waals surface area contributed by atoms with Gasteiger partial charge in [0, 0.05) is 12.0 Å². The molecule has 3 heteroatoms. The molecule has 0 aliphatic heterocycles. The maximum Gasteiger partial charge on any atom is 0.226 e. The van der Waals surface area contributed by atoms with E-state index in [1.165, 1.54) is 19.3 Å². The van der Waals surface area contributed by atoms with E-state index in [1.54, 1.807) is 0 Å². The fourth-order valence-corrected chi connectivity index (χ4v) is 5.72. The van der Waals surface area contributed by atoms with E-state index in [1.807, 2.05) is 26.0 Å². The van der Waals surface area contributed by atoms with E-state index in [4.69, 9.17) is 4.74 Å². The zero-order valence-corrected chi connectivity index (χ0v) is 14.9. The van der Waals surface area contributed by atoms with Crippen LogP contribution in [0.1, 0.15) is 57.9 Å². The fourth-order valence-electron chi connectivity index (χ4n) is 5.72. The summed E-state index contributed by atoms with van der Waals surface area (Å²) < 4.78 is 5.67. The molecule has 0 heterocycles. The number of carbonyl (C=O) groups excluding carboxylic acids is 1. The van der Waals surface area contributed by atoms with Gasteiger partial charge >= 0.3 is 0 Å². The molecular formula is C21H29NO2. The molecule has 5 rings (SSSR count). The topological polar surface area (TPSA) is 38.3 Å². The van der Waals surface area contributed by atoms with Gasteiger partial charge in [-0.15, -0.1) is 0 Å². The van der Waals surface area contributed by atoms with Crippen LogP contribution in [0.3, 0.4) is 0 Å². The molecule has 3 nitrogen and oxygen atoms in total. The average Bonchev–Trinajstić information content (AvgIpc) is 2.52. The van der Waals surface area contributed by atoms with Gasteiger partial charge in [-0.3, -0.25) is 4.79 Å². The van der Waals surface area contributed by atoms with Crippen molar-refractivity contribution in [1.29, 1.82) is 0 Å². The SMILES string of the molecule is CC(C)Oc1ccc(CNC(=O)C23CC4CC(CC(C4)C2)C3)cc1. The standard InChI is InChI=1S/C21H29NO2/c1-14(2)24-19-5-3-15(4-6-19)13-22-20(23)21-10-16-7-17(11-21)9-18(8-16)12-21/h3-6,14,16-18H,7-13H2,1-2H3,(H,22,23). The molecule has 24 heavy (non-hydrogen) atoms. The smallest absolute Gasteiger partial charge is 0.226 e. The highest BCUT2D eigenvalue weighted by atomic mass is 16.5. The Hall–Kier alpha value is -1.51. The molecule has 4 bridgehead atoms. The van der Waals surface area contributed by atoms with Crippen LogP contribution in [-0.4, -0.2) is 12.0 Å². The highest BCUT2D eigenvalue weighted by molar-refractivity contribution is 5.83. The van der Waals surface area contributed by atoms with Crippen molar-refractivity contribution in [1.82, 2.24) is 5.32 Å². The third kappa shape index (κ3) is 3.05. The second kappa shape index (κ2) is 6.09. The van der Waals surface area contributed by atoms with Crippen molar-refractivity contribution in [3.05, 3.63) is 29.8 Å². The van der Waals surface area contributed by atoms with Crippen molar-refractivity contribution < 1.29 is 9.53 Å². The van der Waals surface area contributed by atoms with Crippen LogP contribution in [0, 0.1) is 23.2 Å². The van der Waals surface area contributed by atoms with Gasteiger partial charge in [0.1, 0.15) is 5.75 Å². The molecule has 130 valence electrons. The monoisotopic (exact) mass is 327 g/mol. The fraction of sp³-hybridized carbons (Fsp3) is 0.667. The first-order chi connectivity index (χ1) is 11.5. The number of hydrogen-bond donors (Lipinski definition) is 1. The molecule has 4 aliphatic carbocycles. The number of benzene rings is 1. The predicted molar refractivity (Wildman–Crippen MR) is 94.7 cm³/mol. The van der Waals surface area contributed by atoms with Gasteiger partial charge < -0.3 is 10.1 Å². The van der Waals surface area contributed by atoms with Crippen LogP contribution in [0.4, 0.5) is 0 Å². The number of nitrogens with one attached hydrogen (secondary N) is 1. The zero-order valence-electron chi connectivity index (χ0n) is 14.9. The van der Waals surface area contributed by atoms with E-state index in [-0.39, 0.29) is 11.5 Å². The zero-order chi connectivity index (χ0) is 16.7.